The third kappa shape index (κ3) is 7.75. The van der Waals surface area contributed by atoms with E-state index in [1.807, 2.05) is 11.8 Å². The zero-order valence-corrected chi connectivity index (χ0v) is 9.13. The van der Waals surface area contributed by atoms with Crippen molar-refractivity contribution in [3.63, 3.8) is 0 Å². The Morgan fingerprint density at radius 2 is 2.17 bits per heavy atom. The third-order valence-electron chi connectivity index (χ3n) is 1.37. The first-order chi connectivity index (χ1) is 5.81. The number of hydrogen-bond acceptors (Lipinski definition) is 1. The third-order valence-corrected chi connectivity index (χ3v) is 2.22. The molecule has 12 heavy (non-hydrogen) atoms. The Balaban J connectivity index is 3.62. The van der Waals surface area contributed by atoms with Crippen molar-refractivity contribution in [2.45, 2.75) is 40.0 Å². The van der Waals surface area contributed by atoms with Crippen molar-refractivity contribution in [2.24, 2.45) is 0 Å². The van der Waals surface area contributed by atoms with Gasteiger partial charge in [0.05, 0.1) is 0 Å². The van der Waals surface area contributed by atoms with Crippen molar-refractivity contribution in [3.8, 4) is 11.8 Å². The molecule has 0 saturated carbocycles. The summed E-state index contributed by atoms with van der Waals surface area (Å²) in [6, 6.07) is 0. The maximum atomic E-state index is 3.16. The molecule has 0 aromatic rings. The summed E-state index contributed by atoms with van der Waals surface area (Å²) in [5.74, 6) is 7.44. The molecule has 0 atom stereocenters. The minimum absolute atomic E-state index is 1.04. The van der Waals surface area contributed by atoms with E-state index < -0.39 is 0 Å². The lowest BCUT2D eigenvalue weighted by Crippen LogP contribution is -1.70. The molecule has 0 heterocycles. The Morgan fingerprint density at radius 1 is 1.42 bits per heavy atom. The first kappa shape index (κ1) is 11.6. The van der Waals surface area contributed by atoms with E-state index in [1.54, 1.807) is 0 Å². The van der Waals surface area contributed by atoms with Gasteiger partial charge in [-0.3, -0.25) is 0 Å². The van der Waals surface area contributed by atoms with Gasteiger partial charge in [0.2, 0.25) is 0 Å². The van der Waals surface area contributed by atoms with Gasteiger partial charge in [0, 0.05) is 12.0 Å². The molecule has 0 rings (SSSR count). The largest absolute Gasteiger partial charge is 0.133 e. The van der Waals surface area contributed by atoms with Gasteiger partial charge in [-0.15, -0.1) is 11.8 Å². The number of rotatable bonds is 4. The molecule has 0 unspecified atom stereocenters. The fourth-order valence-corrected chi connectivity index (χ4v) is 1.18. The SMILES string of the molecule is CCCCC#C/C(C)=C/SCC. The minimum Gasteiger partial charge on any atom is -0.133 e. The van der Waals surface area contributed by atoms with Crippen LogP contribution in [0, 0.1) is 11.8 Å². The van der Waals surface area contributed by atoms with Crippen LogP contribution in [0.4, 0.5) is 0 Å². The van der Waals surface area contributed by atoms with Gasteiger partial charge >= 0.3 is 0 Å². The summed E-state index contributed by atoms with van der Waals surface area (Å²) >= 11 is 1.82. The van der Waals surface area contributed by atoms with E-state index >= 15 is 0 Å². The molecule has 0 fully saturated rings. The Labute approximate surface area is 80.8 Å². The molecule has 1 heteroatoms. The lowest BCUT2D eigenvalue weighted by Gasteiger charge is -1.88. The monoisotopic (exact) mass is 182 g/mol. The first-order valence-corrected chi connectivity index (χ1v) is 5.63. The molecule has 0 aromatic heterocycles. The highest BCUT2D eigenvalue weighted by atomic mass is 32.2. The maximum absolute atomic E-state index is 3.16. The number of allylic oxidation sites excluding steroid dienone is 1. The number of hydrogen-bond donors (Lipinski definition) is 0. The van der Waals surface area contributed by atoms with E-state index in [4.69, 9.17) is 0 Å². The zero-order valence-electron chi connectivity index (χ0n) is 8.31. The highest BCUT2D eigenvalue weighted by molar-refractivity contribution is 8.02. The fraction of sp³-hybridized carbons (Fsp3) is 0.636. The van der Waals surface area contributed by atoms with Crippen LogP contribution in [0.2, 0.25) is 0 Å². The maximum Gasteiger partial charge on any atom is 0.00922 e. The molecule has 68 valence electrons. The molecule has 0 N–H and O–H groups in total. The summed E-state index contributed by atoms with van der Waals surface area (Å²) in [6.45, 7) is 6.41. The second-order valence-corrected chi connectivity index (χ2v) is 3.81. The van der Waals surface area contributed by atoms with Gasteiger partial charge in [-0.25, -0.2) is 0 Å². The average Bonchev–Trinajstić information content (AvgIpc) is 2.09. The molecule has 0 radical (unpaired) electrons. The van der Waals surface area contributed by atoms with Crippen LogP contribution in [-0.4, -0.2) is 5.75 Å². The topological polar surface area (TPSA) is 0 Å². The summed E-state index contributed by atoms with van der Waals surface area (Å²) in [4.78, 5) is 0. The molecule has 0 spiro atoms. The van der Waals surface area contributed by atoms with E-state index in [9.17, 15) is 0 Å². The van der Waals surface area contributed by atoms with Crippen LogP contribution in [0.25, 0.3) is 0 Å². The van der Waals surface area contributed by atoms with Crippen LogP contribution in [0.5, 0.6) is 0 Å². The highest BCUT2D eigenvalue weighted by Crippen LogP contribution is 2.04. The Morgan fingerprint density at radius 3 is 2.75 bits per heavy atom. The molecule has 0 nitrogen and oxygen atoms in total. The second-order valence-electron chi connectivity index (χ2n) is 2.66. The van der Waals surface area contributed by atoms with Crippen molar-refractivity contribution >= 4 is 11.8 Å². The van der Waals surface area contributed by atoms with Crippen molar-refractivity contribution in [3.05, 3.63) is 11.0 Å². The van der Waals surface area contributed by atoms with Crippen LogP contribution in [-0.2, 0) is 0 Å². The van der Waals surface area contributed by atoms with Crippen molar-refractivity contribution < 1.29 is 0 Å². The lowest BCUT2D eigenvalue weighted by molar-refractivity contribution is 0.828. The molecular formula is C11H18S. The summed E-state index contributed by atoms with van der Waals surface area (Å²) in [5, 5.41) is 2.14. The van der Waals surface area contributed by atoms with Crippen molar-refractivity contribution in [1.82, 2.24) is 0 Å². The van der Waals surface area contributed by atoms with Gasteiger partial charge in [0.1, 0.15) is 0 Å². The van der Waals surface area contributed by atoms with Gasteiger partial charge < -0.3 is 0 Å². The molecule has 0 aliphatic heterocycles. The van der Waals surface area contributed by atoms with Gasteiger partial charge in [-0.1, -0.05) is 32.1 Å². The van der Waals surface area contributed by atoms with E-state index in [0.717, 1.165) is 12.2 Å². The zero-order chi connectivity index (χ0) is 9.23. The summed E-state index contributed by atoms with van der Waals surface area (Å²) in [5.41, 5.74) is 1.19. The van der Waals surface area contributed by atoms with Crippen LogP contribution < -0.4 is 0 Å². The van der Waals surface area contributed by atoms with E-state index in [2.05, 4.69) is 38.0 Å². The first-order valence-electron chi connectivity index (χ1n) is 4.58. The summed E-state index contributed by atoms with van der Waals surface area (Å²) in [6.07, 6.45) is 3.50. The predicted octanol–water partition coefficient (Wildman–Crippen LogP) is 3.84. The van der Waals surface area contributed by atoms with Gasteiger partial charge in [-0.05, 0) is 24.5 Å². The predicted molar refractivity (Wildman–Crippen MR) is 59.2 cm³/mol. The standard InChI is InChI=1S/C11H18S/c1-4-6-7-8-9-11(3)10-12-5-2/h10H,4-7H2,1-3H3/b11-10+. The van der Waals surface area contributed by atoms with E-state index in [0.29, 0.717) is 0 Å². The highest BCUT2D eigenvalue weighted by Gasteiger charge is 1.80. The van der Waals surface area contributed by atoms with Crippen LogP contribution in [0.1, 0.15) is 40.0 Å². The molecular weight excluding hydrogens is 164 g/mol. The van der Waals surface area contributed by atoms with Crippen LogP contribution in [0.15, 0.2) is 11.0 Å². The minimum atomic E-state index is 1.04. The van der Waals surface area contributed by atoms with Gasteiger partial charge in [-0.2, -0.15) is 0 Å². The van der Waals surface area contributed by atoms with Gasteiger partial charge in [0.25, 0.3) is 0 Å². The molecule has 0 bridgehead atoms. The van der Waals surface area contributed by atoms with Gasteiger partial charge in [0.15, 0.2) is 0 Å². The summed E-state index contributed by atoms with van der Waals surface area (Å²) in [7, 11) is 0. The Bertz CT molecular complexity index is 181. The smallest absolute Gasteiger partial charge is 0.00922 e. The quantitative estimate of drug-likeness (QED) is 0.470. The van der Waals surface area contributed by atoms with Crippen LogP contribution >= 0.6 is 11.8 Å². The molecule has 0 aliphatic rings. The normalized spacial score (nSPS) is 10.8. The van der Waals surface area contributed by atoms with Crippen molar-refractivity contribution in [1.29, 1.82) is 0 Å². The van der Waals surface area contributed by atoms with E-state index in [1.165, 1.54) is 18.4 Å². The van der Waals surface area contributed by atoms with E-state index in [-0.39, 0.29) is 0 Å². The Kier molecular flexibility index (Phi) is 8.49. The van der Waals surface area contributed by atoms with Crippen molar-refractivity contribution in [2.75, 3.05) is 5.75 Å². The second kappa shape index (κ2) is 8.74. The summed E-state index contributed by atoms with van der Waals surface area (Å²) < 4.78 is 0. The molecule has 0 aromatic carbocycles. The fourth-order valence-electron chi connectivity index (χ4n) is 0.705. The van der Waals surface area contributed by atoms with Crippen LogP contribution in [0.3, 0.4) is 0 Å². The Hall–Kier alpha value is -0.350. The molecule has 0 aliphatic carbocycles. The molecule has 0 amide bonds. The number of unbranched alkanes of at least 4 members (excludes halogenated alkanes) is 2. The number of thioether (sulfide) groups is 1. The molecule has 0 saturated heterocycles. The average molecular weight is 182 g/mol. The lowest BCUT2D eigenvalue weighted by atomic mass is 10.2.